The number of aromatic amines is 1. The fourth-order valence-electron chi connectivity index (χ4n) is 3.95. The molecular weight excluding hydrogens is 380 g/mol. The van der Waals surface area contributed by atoms with Gasteiger partial charge in [0.15, 0.2) is 5.82 Å². The number of hydrogen-bond donors (Lipinski definition) is 2. The Bertz CT molecular complexity index is 1210. The van der Waals surface area contributed by atoms with E-state index in [0.29, 0.717) is 11.6 Å². The fraction of sp³-hybridized carbons (Fsp3) is 0.261. The van der Waals surface area contributed by atoms with Crippen LogP contribution in [0.15, 0.2) is 47.1 Å². The lowest BCUT2D eigenvalue weighted by Gasteiger charge is -2.03. The Labute approximate surface area is 173 Å². The van der Waals surface area contributed by atoms with Crippen LogP contribution < -0.4 is 10.1 Å². The van der Waals surface area contributed by atoms with Crippen LogP contribution in [0.4, 0.5) is 0 Å². The van der Waals surface area contributed by atoms with E-state index in [1.807, 2.05) is 24.3 Å². The minimum Gasteiger partial charge on any atom is -0.497 e. The molecule has 2 aromatic carbocycles. The number of H-pyrrole nitrogens is 1. The number of aromatic nitrogens is 3. The summed E-state index contributed by atoms with van der Waals surface area (Å²) in [4.78, 5) is 16.9. The van der Waals surface area contributed by atoms with E-state index in [1.54, 1.807) is 13.4 Å². The summed E-state index contributed by atoms with van der Waals surface area (Å²) in [6.45, 7) is 0.285. The molecule has 30 heavy (non-hydrogen) atoms. The van der Waals surface area contributed by atoms with Crippen LogP contribution >= 0.6 is 0 Å². The van der Waals surface area contributed by atoms with Crippen molar-refractivity contribution < 1.29 is 13.9 Å². The Kier molecular flexibility index (Phi) is 4.71. The van der Waals surface area contributed by atoms with Crippen LogP contribution in [0.2, 0.25) is 0 Å². The predicted octanol–water partition coefficient (Wildman–Crippen LogP) is 3.57. The van der Waals surface area contributed by atoms with E-state index >= 15 is 0 Å². The highest BCUT2D eigenvalue weighted by Gasteiger charge is 2.17. The molecule has 2 aromatic heterocycles. The molecule has 0 bridgehead atoms. The lowest BCUT2D eigenvalue weighted by atomic mass is 10.0. The molecule has 4 aromatic rings. The molecule has 152 valence electrons. The van der Waals surface area contributed by atoms with E-state index in [2.05, 4.69) is 32.6 Å². The lowest BCUT2D eigenvalue weighted by Crippen LogP contribution is -2.25. The van der Waals surface area contributed by atoms with Crippen molar-refractivity contribution >= 4 is 16.9 Å². The summed E-state index contributed by atoms with van der Waals surface area (Å²) in [6.07, 6.45) is 5.36. The van der Waals surface area contributed by atoms with Crippen LogP contribution in [0.3, 0.4) is 0 Å². The first-order valence-electron chi connectivity index (χ1n) is 10.0. The fourth-order valence-corrected chi connectivity index (χ4v) is 3.95. The summed E-state index contributed by atoms with van der Waals surface area (Å²) in [6, 6.07) is 11.8. The molecule has 0 fully saturated rings. The predicted molar refractivity (Wildman–Crippen MR) is 112 cm³/mol. The minimum absolute atomic E-state index is 0.0828. The van der Waals surface area contributed by atoms with Crippen molar-refractivity contribution in [1.82, 2.24) is 20.5 Å². The van der Waals surface area contributed by atoms with Crippen molar-refractivity contribution in [3.8, 4) is 17.1 Å². The molecule has 0 unspecified atom stereocenters. The van der Waals surface area contributed by atoms with E-state index < -0.39 is 0 Å². The highest BCUT2D eigenvalue weighted by molar-refractivity contribution is 5.88. The Balaban J connectivity index is 1.23. The second-order valence-corrected chi connectivity index (χ2v) is 7.52. The van der Waals surface area contributed by atoms with Gasteiger partial charge in [-0.25, -0.2) is 4.98 Å². The standard InChI is InChI=1S/C23H22N4O3/c1-29-18-7-5-14(6-8-18)23-25-21(26-27-23)12-24-22(28)11-17-13-30-20-10-16-4-2-3-15(16)9-19(17)20/h5-10,13H,2-4,11-12H2,1H3,(H,24,28)(H,25,26,27). The van der Waals surface area contributed by atoms with Gasteiger partial charge in [0.05, 0.1) is 26.3 Å². The lowest BCUT2D eigenvalue weighted by molar-refractivity contribution is -0.120. The number of benzene rings is 2. The van der Waals surface area contributed by atoms with Gasteiger partial charge in [0.25, 0.3) is 0 Å². The summed E-state index contributed by atoms with van der Waals surface area (Å²) < 4.78 is 10.9. The van der Waals surface area contributed by atoms with Gasteiger partial charge < -0.3 is 14.5 Å². The van der Waals surface area contributed by atoms with Crippen molar-refractivity contribution in [2.75, 3.05) is 7.11 Å². The van der Waals surface area contributed by atoms with Crippen molar-refractivity contribution in [1.29, 1.82) is 0 Å². The van der Waals surface area contributed by atoms with Crippen LogP contribution in [0.5, 0.6) is 5.75 Å². The first-order valence-corrected chi connectivity index (χ1v) is 10.0. The van der Waals surface area contributed by atoms with Gasteiger partial charge in [-0.3, -0.25) is 9.89 Å². The molecule has 0 spiro atoms. The van der Waals surface area contributed by atoms with E-state index in [0.717, 1.165) is 40.7 Å². The zero-order valence-corrected chi connectivity index (χ0v) is 16.7. The Morgan fingerprint density at radius 2 is 2.00 bits per heavy atom. The maximum absolute atomic E-state index is 12.5. The average Bonchev–Trinajstić information content (AvgIpc) is 3.51. The number of ether oxygens (including phenoxy) is 1. The maximum atomic E-state index is 12.5. The number of fused-ring (bicyclic) bond motifs is 2. The van der Waals surface area contributed by atoms with Gasteiger partial charge in [-0.2, -0.15) is 5.10 Å². The number of rotatable bonds is 6. The van der Waals surface area contributed by atoms with Crippen molar-refractivity contribution in [3.05, 3.63) is 65.2 Å². The second kappa shape index (κ2) is 7.67. The molecule has 1 aliphatic rings. The molecule has 1 aliphatic carbocycles. The van der Waals surface area contributed by atoms with Gasteiger partial charge in [-0.05, 0) is 66.8 Å². The van der Waals surface area contributed by atoms with Crippen molar-refractivity contribution in [2.45, 2.75) is 32.2 Å². The third-order valence-corrected chi connectivity index (χ3v) is 5.55. The molecule has 5 rings (SSSR count). The summed E-state index contributed by atoms with van der Waals surface area (Å²) in [5.74, 6) is 1.87. The molecule has 0 atom stereocenters. The molecule has 1 amide bonds. The highest BCUT2D eigenvalue weighted by atomic mass is 16.5. The largest absolute Gasteiger partial charge is 0.497 e. The molecule has 0 radical (unpaired) electrons. The molecule has 7 nitrogen and oxygen atoms in total. The molecule has 0 saturated carbocycles. The van der Waals surface area contributed by atoms with E-state index in [1.165, 1.54) is 17.5 Å². The monoisotopic (exact) mass is 402 g/mol. The maximum Gasteiger partial charge on any atom is 0.224 e. The zero-order valence-electron chi connectivity index (χ0n) is 16.7. The SMILES string of the molecule is COc1ccc(-c2n[nH]c(CNC(=O)Cc3coc4cc5c(cc34)CCC5)n2)cc1. The normalized spacial score (nSPS) is 12.8. The third kappa shape index (κ3) is 3.54. The molecular formula is C23H22N4O3. The van der Waals surface area contributed by atoms with Crippen LogP contribution in [0, 0.1) is 0 Å². The molecule has 0 aliphatic heterocycles. The summed E-state index contributed by atoms with van der Waals surface area (Å²) in [7, 11) is 1.63. The van der Waals surface area contributed by atoms with E-state index in [-0.39, 0.29) is 18.9 Å². The number of carbonyl (C=O) groups is 1. The number of carbonyl (C=O) groups excluding carboxylic acids is 1. The van der Waals surface area contributed by atoms with Gasteiger partial charge in [0.1, 0.15) is 17.2 Å². The number of aryl methyl sites for hydroxylation is 2. The van der Waals surface area contributed by atoms with Crippen LogP contribution in [0.25, 0.3) is 22.4 Å². The van der Waals surface area contributed by atoms with Gasteiger partial charge in [0.2, 0.25) is 5.91 Å². The minimum atomic E-state index is -0.0828. The Morgan fingerprint density at radius 1 is 1.20 bits per heavy atom. The average molecular weight is 402 g/mol. The van der Waals surface area contributed by atoms with Crippen molar-refractivity contribution in [3.63, 3.8) is 0 Å². The van der Waals surface area contributed by atoms with Gasteiger partial charge >= 0.3 is 0 Å². The van der Waals surface area contributed by atoms with Gasteiger partial charge in [-0.15, -0.1) is 0 Å². The first kappa shape index (κ1) is 18.4. The van der Waals surface area contributed by atoms with E-state index in [4.69, 9.17) is 9.15 Å². The highest BCUT2D eigenvalue weighted by Crippen LogP contribution is 2.30. The summed E-state index contributed by atoms with van der Waals surface area (Å²) in [5, 5.41) is 11.0. The second-order valence-electron chi connectivity index (χ2n) is 7.52. The molecule has 2 heterocycles. The number of hydrogen-bond acceptors (Lipinski definition) is 5. The topological polar surface area (TPSA) is 93.0 Å². The molecule has 2 N–H and O–H groups in total. The van der Waals surface area contributed by atoms with Crippen LogP contribution in [-0.4, -0.2) is 28.2 Å². The smallest absolute Gasteiger partial charge is 0.224 e. The van der Waals surface area contributed by atoms with Crippen molar-refractivity contribution in [2.24, 2.45) is 0 Å². The number of amides is 1. The zero-order chi connectivity index (χ0) is 20.5. The van der Waals surface area contributed by atoms with Crippen LogP contribution in [0.1, 0.15) is 28.9 Å². The first-order chi connectivity index (χ1) is 14.7. The van der Waals surface area contributed by atoms with E-state index in [9.17, 15) is 4.79 Å². The molecule has 0 saturated heterocycles. The Morgan fingerprint density at radius 3 is 2.80 bits per heavy atom. The number of nitrogens with one attached hydrogen (secondary N) is 2. The number of nitrogens with zero attached hydrogens (tertiary/aromatic N) is 2. The quantitative estimate of drug-likeness (QED) is 0.514. The van der Waals surface area contributed by atoms with Gasteiger partial charge in [0, 0.05) is 16.5 Å². The third-order valence-electron chi connectivity index (χ3n) is 5.55. The number of methoxy groups -OCH3 is 1. The molecule has 7 heteroatoms. The summed E-state index contributed by atoms with van der Waals surface area (Å²) >= 11 is 0. The Hall–Kier alpha value is -3.61. The number of furan rings is 1. The van der Waals surface area contributed by atoms with Crippen LogP contribution in [-0.2, 0) is 30.6 Å². The van der Waals surface area contributed by atoms with Gasteiger partial charge in [-0.1, -0.05) is 0 Å². The summed E-state index contributed by atoms with van der Waals surface area (Å²) in [5.41, 5.74) is 5.39.